The Morgan fingerprint density at radius 1 is 0.829 bits per heavy atom. The van der Waals surface area contributed by atoms with Crippen molar-refractivity contribution in [3.05, 3.63) is 119 Å². The molecule has 4 aromatic carbocycles. The molecule has 1 amide bonds. The van der Waals surface area contributed by atoms with Gasteiger partial charge in [0.05, 0.1) is 12.0 Å². The average Bonchev–Trinajstić information content (AvgIpc) is 2.81. The number of carbonyl (C=O) groups is 2. The second-order valence-electron chi connectivity index (χ2n) is 7.94. The smallest absolute Gasteiger partial charge is 0.315 e. The Kier molecular flexibility index (Phi) is 6.96. The molecule has 4 aromatic rings. The van der Waals surface area contributed by atoms with Crippen LogP contribution in [0.3, 0.4) is 0 Å². The molecule has 0 aliphatic heterocycles. The zero-order valence-electron chi connectivity index (χ0n) is 18.6. The highest BCUT2D eigenvalue weighted by atomic mass is 19.1. The van der Waals surface area contributed by atoms with E-state index in [0.717, 1.165) is 17.7 Å². The van der Waals surface area contributed by atoms with Crippen molar-refractivity contribution in [2.45, 2.75) is 13.3 Å². The number of rotatable bonds is 6. The number of anilines is 1. The zero-order chi connectivity index (χ0) is 24.9. The Morgan fingerprint density at radius 3 is 2.29 bits per heavy atom. The van der Waals surface area contributed by atoms with Crippen molar-refractivity contribution >= 4 is 17.6 Å². The van der Waals surface area contributed by atoms with Gasteiger partial charge in [0.25, 0.3) is 5.91 Å². The maximum Gasteiger partial charge on any atom is 0.315 e. The third-order valence-corrected chi connectivity index (χ3v) is 5.23. The molecule has 0 bridgehead atoms. The van der Waals surface area contributed by atoms with Crippen molar-refractivity contribution < 1.29 is 27.5 Å². The number of hydrogen-bond donors (Lipinski definition) is 1. The topological polar surface area (TPSA) is 55.4 Å². The second-order valence-corrected chi connectivity index (χ2v) is 7.94. The molecular formula is C28H20F3NO3. The van der Waals surface area contributed by atoms with Gasteiger partial charge < -0.3 is 10.1 Å². The van der Waals surface area contributed by atoms with Crippen molar-refractivity contribution in [2.24, 2.45) is 0 Å². The molecule has 1 N–H and O–H groups in total. The molecule has 0 aliphatic carbocycles. The highest BCUT2D eigenvalue weighted by Crippen LogP contribution is 2.30. The van der Waals surface area contributed by atoms with Crippen LogP contribution in [-0.4, -0.2) is 11.9 Å². The minimum absolute atomic E-state index is 0.0137. The van der Waals surface area contributed by atoms with Gasteiger partial charge in [0, 0.05) is 17.3 Å². The molecule has 4 nitrogen and oxygen atoms in total. The number of aryl methyl sites for hydroxylation is 1. The fourth-order valence-corrected chi connectivity index (χ4v) is 3.54. The Labute approximate surface area is 200 Å². The van der Waals surface area contributed by atoms with Crippen molar-refractivity contribution in [2.75, 3.05) is 5.32 Å². The number of esters is 1. The molecule has 0 saturated carbocycles. The fourth-order valence-electron chi connectivity index (χ4n) is 3.54. The third kappa shape index (κ3) is 5.95. The molecule has 0 radical (unpaired) electrons. The van der Waals surface area contributed by atoms with Crippen molar-refractivity contribution in [1.82, 2.24) is 0 Å². The number of carbonyl (C=O) groups excluding carboxylic acids is 2. The van der Waals surface area contributed by atoms with E-state index in [4.69, 9.17) is 4.74 Å². The predicted octanol–water partition coefficient (Wildman–Crippen LogP) is 6.48. The lowest BCUT2D eigenvalue weighted by molar-refractivity contribution is -0.133. The van der Waals surface area contributed by atoms with Gasteiger partial charge in [0.15, 0.2) is 0 Å². The molecule has 0 aliphatic rings. The molecule has 176 valence electrons. The summed E-state index contributed by atoms with van der Waals surface area (Å²) < 4.78 is 46.4. The van der Waals surface area contributed by atoms with Crippen LogP contribution < -0.4 is 10.1 Å². The molecule has 0 heterocycles. The number of ether oxygens (including phenoxy) is 1. The second kappa shape index (κ2) is 10.3. The summed E-state index contributed by atoms with van der Waals surface area (Å²) in [4.78, 5) is 25.7. The number of nitrogens with one attached hydrogen (secondary N) is 1. The lowest BCUT2D eigenvalue weighted by Gasteiger charge is -2.13. The van der Waals surface area contributed by atoms with E-state index in [2.05, 4.69) is 5.32 Å². The standard InChI is InChI=1S/C28H20F3NO3/c1-17-3-2-4-22(13-17)32-28(34)24-15-19(23-11-10-21(30)16-25(23)31)7-12-26(24)35-27(33)14-18-5-8-20(29)9-6-18/h2-13,15-16H,14H2,1H3,(H,32,34). The van der Waals surface area contributed by atoms with Crippen molar-refractivity contribution in [1.29, 1.82) is 0 Å². The van der Waals surface area contributed by atoms with E-state index < -0.39 is 29.3 Å². The van der Waals surface area contributed by atoms with Crippen LogP contribution in [0.2, 0.25) is 0 Å². The quantitative estimate of drug-likeness (QED) is 0.257. The summed E-state index contributed by atoms with van der Waals surface area (Å²) in [5, 5.41) is 2.75. The highest BCUT2D eigenvalue weighted by Gasteiger charge is 2.19. The van der Waals surface area contributed by atoms with Gasteiger partial charge in [-0.25, -0.2) is 13.2 Å². The van der Waals surface area contributed by atoms with E-state index >= 15 is 0 Å². The molecule has 35 heavy (non-hydrogen) atoms. The maximum absolute atomic E-state index is 14.4. The van der Waals surface area contributed by atoms with Crippen molar-refractivity contribution in [3.8, 4) is 16.9 Å². The van der Waals surface area contributed by atoms with E-state index in [1.807, 2.05) is 13.0 Å². The number of halogens is 3. The van der Waals surface area contributed by atoms with E-state index in [1.165, 1.54) is 48.5 Å². The Bertz CT molecular complexity index is 1400. The summed E-state index contributed by atoms with van der Waals surface area (Å²) in [6.45, 7) is 1.87. The maximum atomic E-state index is 14.4. The van der Waals surface area contributed by atoms with Crippen LogP contribution >= 0.6 is 0 Å². The summed E-state index contributed by atoms with van der Waals surface area (Å²) in [5.41, 5.74) is 2.36. The normalized spacial score (nSPS) is 10.6. The molecule has 4 rings (SSSR count). The van der Waals surface area contributed by atoms with Crippen LogP contribution in [0, 0.1) is 24.4 Å². The summed E-state index contributed by atoms with van der Waals surface area (Å²) in [7, 11) is 0. The minimum atomic E-state index is -0.795. The first-order valence-electron chi connectivity index (χ1n) is 10.7. The van der Waals surface area contributed by atoms with E-state index in [0.29, 0.717) is 16.8 Å². The van der Waals surface area contributed by atoms with Crippen molar-refractivity contribution in [3.63, 3.8) is 0 Å². The summed E-state index contributed by atoms with van der Waals surface area (Å²) in [6, 6.07) is 19.9. The first-order valence-corrected chi connectivity index (χ1v) is 10.7. The van der Waals surface area contributed by atoms with Gasteiger partial charge in [-0.3, -0.25) is 9.59 Å². The van der Waals surface area contributed by atoms with Gasteiger partial charge in [-0.05, 0) is 72.1 Å². The Balaban J connectivity index is 1.66. The summed E-state index contributed by atoms with van der Waals surface area (Å²) in [6.07, 6.45) is -0.145. The van der Waals surface area contributed by atoms with E-state index in [-0.39, 0.29) is 23.3 Å². The predicted molar refractivity (Wildman–Crippen MR) is 127 cm³/mol. The summed E-state index contributed by atoms with van der Waals surface area (Å²) in [5.74, 6) is -3.23. The molecule has 0 atom stereocenters. The average molecular weight is 475 g/mol. The number of amides is 1. The SMILES string of the molecule is Cc1cccc(NC(=O)c2cc(-c3ccc(F)cc3F)ccc2OC(=O)Cc2ccc(F)cc2)c1. The molecule has 0 saturated heterocycles. The van der Waals surface area contributed by atoms with Crippen LogP contribution in [0.5, 0.6) is 5.75 Å². The Hall–Kier alpha value is -4.39. The number of benzene rings is 4. The fraction of sp³-hybridized carbons (Fsp3) is 0.0714. The molecular weight excluding hydrogens is 455 g/mol. The first-order chi connectivity index (χ1) is 16.8. The van der Waals surface area contributed by atoms with Gasteiger partial charge in [-0.15, -0.1) is 0 Å². The highest BCUT2D eigenvalue weighted by molar-refractivity contribution is 6.07. The van der Waals surface area contributed by atoms with Crippen LogP contribution in [0.15, 0.2) is 84.9 Å². The molecule has 0 fully saturated rings. The van der Waals surface area contributed by atoms with Crippen LogP contribution in [0.4, 0.5) is 18.9 Å². The van der Waals surface area contributed by atoms with E-state index in [1.54, 1.807) is 18.2 Å². The monoisotopic (exact) mass is 475 g/mol. The zero-order valence-corrected chi connectivity index (χ0v) is 18.6. The van der Waals surface area contributed by atoms with Gasteiger partial charge in [0.1, 0.15) is 23.2 Å². The van der Waals surface area contributed by atoms with Gasteiger partial charge in [-0.1, -0.05) is 30.3 Å². The lowest BCUT2D eigenvalue weighted by atomic mass is 10.0. The van der Waals surface area contributed by atoms with Crippen LogP contribution in [-0.2, 0) is 11.2 Å². The Morgan fingerprint density at radius 2 is 1.57 bits per heavy atom. The van der Waals surface area contributed by atoms with Crippen LogP contribution in [0.1, 0.15) is 21.5 Å². The molecule has 0 aromatic heterocycles. The van der Waals surface area contributed by atoms with Crippen LogP contribution in [0.25, 0.3) is 11.1 Å². The minimum Gasteiger partial charge on any atom is -0.425 e. The van der Waals surface area contributed by atoms with Gasteiger partial charge in [-0.2, -0.15) is 0 Å². The lowest BCUT2D eigenvalue weighted by Crippen LogP contribution is -2.17. The third-order valence-electron chi connectivity index (χ3n) is 5.23. The molecule has 7 heteroatoms. The largest absolute Gasteiger partial charge is 0.425 e. The van der Waals surface area contributed by atoms with Gasteiger partial charge in [0.2, 0.25) is 0 Å². The van der Waals surface area contributed by atoms with Gasteiger partial charge >= 0.3 is 5.97 Å². The molecule has 0 unspecified atom stereocenters. The summed E-state index contributed by atoms with van der Waals surface area (Å²) >= 11 is 0. The van der Waals surface area contributed by atoms with E-state index in [9.17, 15) is 22.8 Å². The molecule has 0 spiro atoms. The number of hydrogen-bond acceptors (Lipinski definition) is 3. The first kappa shape index (κ1) is 23.8.